The average Bonchev–Trinajstić information content (AvgIpc) is 2.65. The lowest BCUT2D eigenvalue weighted by Crippen LogP contribution is -2.23. The van der Waals surface area contributed by atoms with Crippen LogP contribution in [0.1, 0.15) is 19.4 Å². The molecule has 1 amide bonds. The van der Waals surface area contributed by atoms with E-state index in [1.165, 1.54) is 5.69 Å². The molecule has 6 heteroatoms. The highest BCUT2D eigenvalue weighted by molar-refractivity contribution is 6.31. The van der Waals surface area contributed by atoms with Crippen molar-refractivity contribution in [2.75, 3.05) is 42.3 Å². The fourth-order valence-corrected chi connectivity index (χ4v) is 2.84. The zero-order chi connectivity index (χ0) is 19.1. The molecule has 0 aliphatic rings. The number of ether oxygens (including phenoxy) is 1. The SMILES string of the molecule is CCN(CC)c1ccc(NCC(=O)Nc2cc(C)c(Cl)cc2OC)cc1. The largest absolute Gasteiger partial charge is 0.495 e. The van der Waals surface area contributed by atoms with Crippen LogP contribution in [0, 0.1) is 6.92 Å². The summed E-state index contributed by atoms with van der Waals surface area (Å²) in [6.07, 6.45) is 0. The summed E-state index contributed by atoms with van der Waals surface area (Å²) in [5.74, 6) is 0.385. The minimum Gasteiger partial charge on any atom is -0.495 e. The van der Waals surface area contributed by atoms with E-state index in [0.717, 1.165) is 24.3 Å². The minimum absolute atomic E-state index is 0.155. The van der Waals surface area contributed by atoms with E-state index in [9.17, 15) is 4.79 Å². The zero-order valence-electron chi connectivity index (χ0n) is 15.7. The molecule has 0 bridgehead atoms. The van der Waals surface area contributed by atoms with Gasteiger partial charge < -0.3 is 20.3 Å². The third-order valence-corrected chi connectivity index (χ3v) is 4.61. The van der Waals surface area contributed by atoms with Crippen LogP contribution in [0.2, 0.25) is 5.02 Å². The van der Waals surface area contributed by atoms with Gasteiger partial charge in [-0.05, 0) is 56.7 Å². The van der Waals surface area contributed by atoms with Gasteiger partial charge in [0.15, 0.2) is 0 Å². The molecule has 2 aromatic carbocycles. The van der Waals surface area contributed by atoms with Crippen LogP contribution in [0.15, 0.2) is 36.4 Å². The number of rotatable bonds is 8. The normalized spacial score (nSPS) is 10.3. The molecule has 2 N–H and O–H groups in total. The van der Waals surface area contributed by atoms with Crippen LogP contribution in [0.5, 0.6) is 5.75 Å². The van der Waals surface area contributed by atoms with Crippen molar-refractivity contribution in [3.05, 3.63) is 47.0 Å². The van der Waals surface area contributed by atoms with Crippen molar-refractivity contribution < 1.29 is 9.53 Å². The van der Waals surface area contributed by atoms with E-state index >= 15 is 0 Å². The van der Waals surface area contributed by atoms with E-state index in [1.807, 2.05) is 19.1 Å². The number of methoxy groups -OCH3 is 1. The van der Waals surface area contributed by atoms with Crippen LogP contribution in [0.25, 0.3) is 0 Å². The van der Waals surface area contributed by atoms with Gasteiger partial charge in [0.1, 0.15) is 5.75 Å². The maximum absolute atomic E-state index is 12.2. The predicted octanol–water partition coefficient (Wildman–Crippen LogP) is 4.55. The molecule has 0 radical (unpaired) electrons. The van der Waals surface area contributed by atoms with Crippen LogP contribution in [-0.4, -0.2) is 32.7 Å². The van der Waals surface area contributed by atoms with E-state index in [-0.39, 0.29) is 12.5 Å². The van der Waals surface area contributed by atoms with Crippen LogP contribution in [0.3, 0.4) is 0 Å². The molecule has 0 saturated heterocycles. The van der Waals surface area contributed by atoms with E-state index < -0.39 is 0 Å². The zero-order valence-corrected chi connectivity index (χ0v) is 16.5. The number of hydrogen-bond acceptors (Lipinski definition) is 4. The summed E-state index contributed by atoms with van der Waals surface area (Å²) < 4.78 is 5.28. The number of aryl methyl sites for hydroxylation is 1. The molecule has 0 heterocycles. The minimum atomic E-state index is -0.155. The first-order chi connectivity index (χ1) is 12.5. The van der Waals surface area contributed by atoms with E-state index in [2.05, 4.69) is 41.5 Å². The lowest BCUT2D eigenvalue weighted by molar-refractivity contribution is -0.114. The highest BCUT2D eigenvalue weighted by atomic mass is 35.5. The van der Waals surface area contributed by atoms with Gasteiger partial charge in [-0.1, -0.05) is 11.6 Å². The monoisotopic (exact) mass is 375 g/mol. The highest BCUT2D eigenvalue weighted by Gasteiger charge is 2.10. The number of amides is 1. The fraction of sp³-hybridized carbons (Fsp3) is 0.350. The Morgan fingerprint density at radius 2 is 1.81 bits per heavy atom. The van der Waals surface area contributed by atoms with Gasteiger partial charge in [0.05, 0.1) is 19.3 Å². The molecular weight excluding hydrogens is 350 g/mol. The van der Waals surface area contributed by atoms with Crippen LogP contribution >= 0.6 is 11.6 Å². The molecule has 0 aliphatic heterocycles. The molecule has 0 saturated carbocycles. The number of nitrogens with zero attached hydrogens (tertiary/aromatic N) is 1. The Kier molecular flexibility index (Phi) is 7.16. The number of carbonyl (C=O) groups excluding carboxylic acids is 1. The summed E-state index contributed by atoms with van der Waals surface area (Å²) in [5.41, 5.74) is 3.56. The Morgan fingerprint density at radius 3 is 2.38 bits per heavy atom. The van der Waals surface area contributed by atoms with Crippen LogP contribution in [-0.2, 0) is 4.79 Å². The molecule has 0 aromatic heterocycles. The summed E-state index contributed by atoms with van der Waals surface area (Å²) in [5, 5.41) is 6.59. The van der Waals surface area contributed by atoms with Crippen molar-refractivity contribution in [3.63, 3.8) is 0 Å². The van der Waals surface area contributed by atoms with Crippen molar-refractivity contribution in [1.29, 1.82) is 0 Å². The quantitative estimate of drug-likeness (QED) is 0.710. The van der Waals surface area contributed by atoms with Crippen LogP contribution in [0.4, 0.5) is 17.1 Å². The lowest BCUT2D eigenvalue weighted by atomic mass is 10.2. The molecule has 5 nitrogen and oxygen atoms in total. The van der Waals surface area contributed by atoms with E-state index in [0.29, 0.717) is 16.5 Å². The van der Waals surface area contributed by atoms with Gasteiger partial charge in [0, 0.05) is 35.6 Å². The van der Waals surface area contributed by atoms with Gasteiger partial charge in [-0.25, -0.2) is 0 Å². The second-order valence-electron chi connectivity index (χ2n) is 5.92. The number of halogens is 1. The topological polar surface area (TPSA) is 53.6 Å². The molecule has 0 atom stereocenters. The number of benzene rings is 2. The summed E-state index contributed by atoms with van der Waals surface area (Å²) in [6, 6.07) is 11.6. The number of carbonyl (C=O) groups is 1. The molecule has 26 heavy (non-hydrogen) atoms. The summed E-state index contributed by atoms with van der Waals surface area (Å²) in [4.78, 5) is 14.5. The Bertz CT molecular complexity index is 743. The Hall–Kier alpha value is -2.40. The lowest BCUT2D eigenvalue weighted by Gasteiger charge is -2.21. The third-order valence-electron chi connectivity index (χ3n) is 4.20. The maximum Gasteiger partial charge on any atom is 0.243 e. The van der Waals surface area contributed by atoms with Crippen molar-refractivity contribution in [3.8, 4) is 5.75 Å². The van der Waals surface area contributed by atoms with Gasteiger partial charge in [-0.2, -0.15) is 0 Å². The second-order valence-corrected chi connectivity index (χ2v) is 6.33. The third kappa shape index (κ3) is 5.05. The highest BCUT2D eigenvalue weighted by Crippen LogP contribution is 2.30. The Morgan fingerprint density at radius 1 is 1.15 bits per heavy atom. The molecular formula is C20H26ClN3O2. The van der Waals surface area contributed by atoms with Crippen molar-refractivity contribution in [2.24, 2.45) is 0 Å². The van der Waals surface area contributed by atoms with Gasteiger partial charge >= 0.3 is 0 Å². The number of nitrogens with one attached hydrogen (secondary N) is 2. The average molecular weight is 376 g/mol. The number of hydrogen-bond donors (Lipinski definition) is 2. The predicted molar refractivity (Wildman–Crippen MR) is 110 cm³/mol. The molecule has 140 valence electrons. The van der Waals surface area contributed by atoms with Crippen molar-refractivity contribution in [2.45, 2.75) is 20.8 Å². The van der Waals surface area contributed by atoms with Gasteiger partial charge in [0.25, 0.3) is 0 Å². The second kappa shape index (κ2) is 9.34. The molecule has 0 fully saturated rings. The molecule has 0 aliphatic carbocycles. The van der Waals surface area contributed by atoms with Gasteiger partial charge in [-0.15, -0.1) is 0 Å². The maximum atomic E-state index is 12.2. The fourth-order valence-electron chi connectivity index (χ4n) is 2.69. The first-order valence-corrected chi connectivity index (χ1v) is 9.09. The van der Waals surface area contributed by atoms with Crippen molar-refractivity contribution in [1.82, 2.24) is 0 Å². The Balaban J connectivity index is 1.96. The number of anilines is 3. The Labute approximate surface area is 160 Å². The van der Waals surface area contributed by atoms with Crippen LogP contribution < -0.4 is 20.3 Å². The summed E-state index contributed by atoms with van der Waals surface area (Å²) >= 11 is 6.09. The first-order valence-electron chi connectivity index (χ1n) is 8.71. The molecule has 2 rings (SSSR count). The van der Waals surface area contributed by atoms with E-state index in [4.69, 9.17) is 16.3 Å². The van der Waals surface area contributed by atoms with E-state index in [1.54, 1.807) is 19.2 Å². The van der Waals surface area contributed by atoms with Gasteiger partial charge in [0.2, 0.25) is 5.91 Å². The molecule has 0 spiro atoms. The molecule has 0 unspecified atom stereocenters. The summed E-state index contributed by atoms with van der Waals surface area (Å²) in [7, 11) is 1.55. The smallest absolute Gasteiger partial charge is 0.243 e. The summed E-state index contributed by atoms with van der Waals surface area (Å²) in [6.45, 7) is 8.24. The standard InChI is InChI=1S/C20H26ClN3O2/c1-5-24(6-2)16-9-7-15(8-10-16)22-13-20(25)23-18-11-14(3)17(21)12-19(18)26-4/h7-12,22H,5-6,13H2,1-4H3,(H,23,25). The first kappa shape index (κ1) is 19.9. The van der Waals surface area contributed by atoms with Gasteiger partial charge in [-0.3, -0.25) is 4.79 Å². The molecule has 2 aromatic rings. The van der Waals surface area contributed by atoms with Crippen molar-refractivity contribution >= 4 is 34.6 Å².